The summed E-state index contributed by atoms with van der Waals surface area (Å²) in [4.78, 5) is 8.71. The second kappa shape index (κ2) is 8.18. The maximum absolute atomic E-state index is 4.36. The largest absolute Gasteiger partial charge is 0.307 e. The maximum atomic E-state index is 4.36. The van der Waals surface area contributed by atoms with Crippen LogP contribution < -0.4 is 5.32 Å². The highest BCUT2D eigenvalue weighted by Gasteiger charge is 2.12. The molecular formula is C14H25N3. The number of nitrogens with one attached hydrogen (secondary N) is 1. The van der Waals surface area contributed by atoms with Crippen LogP contribution in [0.2, 0.25) is 0 Å². The van der Waals surface area contributed by atoms with Gasteiger partial charge in [0.2, 0.25) is 0 Å². The van der Waals surface area contributed by atoms with E-state index in [0.717, 1.165) is 31.1 Å². The van der Waals surface area contributed by atoms with Crippen molar-refractivity contribution in [3.8, 4) is 0 Å². The van der Waals surface area contributed by atoms with Crippen molar-refractivity contribution in [3.63, 3.8) is 0 Å². The topological polar surface area (TPSA) is 37.8 Å². The lowest BCUT2D eigenvalue weighted by molar-refractivity contribution is 0.433. The molecule has 1 heterocycles. The molecule has 1 N–H and O–H groups in total. The van der Waals surface area contributed by atoms with Crippen molar-refractivity contribution in [2.75, 3.05) is 6.54 Å². The standard InChI is InChI=1S/C14H25N3/c1-4-9-15-13(8-5-7-12(2)3)14-16-10-6-11-17-14/h6,10-13,15H,4-5,7-9H2,1-3H3. The van der Waals surface area contributed by atoms with E-state index in [0.29, 0.717) is 6.04 Å². The van der Waals surface area contributed by atoms with Crippen LogP contribution in [-0.2, 0) is 0 Å². The SMILES string of the molecule is CCCNC(CCCC(C)C)c1ncccn1. The molecule has 0 saturated heterocycles. The van der Waals surface area contributed by atoms with E-state index in [1.807, 2.05) is 18.5 Å². The summed E-state index contributed by atoms with van der Waals surface area (Å²) in [5, 5.41) is 3.53. The summed E-state index contributed by atoms with van der Waals surface area (Å²) in [6.07, 6.45) is 8.43. The van der Waals surface area contributed by atoms with Crippen molar-refractivity contribution < 1.29 is 0 Å². The molecule has 0 aliphatic rings. The van der Waals surface area contributed by atoms with Crippen molar-refractivity contribution in [1.82, 2.24) is 15.3 Å². The van der Waals surface area contributed by atoms with E-state index < -0.39 is 0 Å². The Labute approximate surface area is 105 Å². The average molecular weight is 235 g/mol. The third kappa shape index (κ3) is 5.78. The first-order valence-electron chi connectivity index (χ1n) is 6.74. The predicted octanol–water partition coefficient (Wildman–Crippen LogP) is 3.34. The summed E-state index contributed by atoms with van der Waals surface area (Å²) in [6, 6.07) is 2.18. The molecule has 0 radical (unpaired) electrons. The first-order valence-corrected chi connectivity index (χ1v) is 6.74. The minimum Gasteiger partial charge on any atom is -0.307 e. The van der Waals surface area contributed by atoms with Crippen molar-refractivity contribution >= 4 is 0 Å². The van der Waals surface area contributed by atoms with Crippen LogP contribution in [0, 0.1) is 5.92 Å². The summed E-state index contributed by atoms with van der Waals surface area (Å²) in [6.45, 7) is 7.76. The van der Waals surface area contributed by atoms with Gasteiger partial charge in [0.1, 0.15) is 5.82 Å². The van der Waals surface area contributed by atoms with Gasteiger partial charge in [-0.3, -0.25) is 0 Å². The molecule has 3 heteroatoms. The van der Waals surface area contributed by atoms with Gasteiger partial charge in [0.05, 0.1) is 6.04 Å². The Morgan fingerprint density at radius 2 is 1.88 bits per heavy atom. The molecule has 0 amide bonds. The summed E-state index contributed by atoms with van der Waals surface area (Å²) in [7, 11) is 0. The van der Waals surface area contributed by atoms with Crippen LogP contribution in [0.5, 0.6) is 0 Å². The van der Waals surface area contributed by atoms with Gasteiger partial charge in [0.15, 0.2) is 0 Å². The molecule has 0 aromatic carbocycles. The lowest BCUT2D eigenvalue weighted by Gasteiger charge is -2.17. The average Bonchev–Trinajstić information content (AvgIpc) is 2.34. The highest BCUT2D eigenvalue weighted by Crippen LogP contribution is 2.17. The first-order chi connectivity index (χ1) is 8.24. The van der Waals surface area contributed by atoms with Crippen LogP contribution in [0.15, 0.2) is 18.5 Å². The van der Waals surface area contributed by atoms with Gasteiger partial charge >= 0.3 is 0 Å². The molecular weight excluding hydrogens is 210 g/mol. The number of rotatable bonds is 8. The van der Waals surface area contributed by atoms with Gasteiger partial charge in [-0.1, -0.05) is 33.6 Å². The highest BCUT2D eigenvalue weighted by atomic mass is 15.0. The Morgan fingerprint density at radius 1 is 1.18 bits per heavy atom. The molecule has 0 spiro atoms. The van der Waals surface area contributed by atoms with Crippen LogP contribution in [0.25, 0.3) is 0 Å². The van der Waals surface area contributed by atoms with Gasteiger partial charge < -0.3 is 5.32 Å². The van der Waals surface area contributed by atoms with Crippen molar-refractivity contribution in [2.45, 2.75) is 52.5 Å². The third-order valence-corrected chi connectivity index (χ3v) is 2.81. The van der Waals surface area contributed by atoms with E-state index in [2.05, 4.69) is 36.1 Å². The zero-order valence-corrected chi connectivity index (χ0v) is 11.3. The number of hydrogen-bond donors (Lipinski definition) is 1. The quantitative estimate of drug-likeness (QED) is 0.751. The Morgan fingerprint density at radius 3 is 2.47 bits per heavy atom. The fraction of sp³-hybridized carbons (Fsp3) is 0.714. The molecule has 1 aromatic rings. The first kappa shape index (κ1) is 14.1. The Hall–Kier alpha value is -0.960. The molecule has 3 nitrogen and oxygen atoms in total. The number of hydrogen-bond acceptors (Lipinski definition) is 3. The summed E-state index contributed by atoms with van der Waals surface area (Å²) in [5.41, 5.74) is 0. The molecule has 1 unspecified atom stereocenters. The normalized spacial score (nSPS) is 12.9. The summed E-state index contributed by atoms with van der Waals surface area (Å²) < 4.78 is 0. The van der Waals surface area contributed by atoms with Gasteiger partial charge in [0.25, 0.3) is 0 Å². The fourth-order valence-electron chi connectivity index (χ4n) is 1.86. The van der Waals surface area contributed by atoms with E-state index in [4.69, 9.17) is 0 Å². The molecule has 0 aliphatic carbocycles. The Balaban J connectivity index is 2.48. The summed E-state index contributed by atoms with van der Waals surface area (Å²) in [5.74, 6) is 1.71. The highest BCUT2D eigenvalue weighted by molar-refractivity contribution is 4.95. The molecule has 96 valence electrons. The predicted molar refractivity (Wildman–Crippen MR) is 71.8 cm³/mol. The van der Waals surface area contributed by atoms with Crippen LogP contribution >= 0.6 is 0 Å². The number of nitrogens with zero attached hydrogens (tertiary/aromatic N) is 2. The van der Waals surface area contributed by atoms with E-state index in [1.165, 1.54) is 12.8 Å². The van der Waals surface area contributed by atoms with E-state index in [-0.39, 0.29) is 0 Å². The smallest absolute Gasteiger partial charge is 0.145 e. The molecule has 1 aromatic heterocycles. The molecule has 0 saturated carbocycles. The minimum absolute atomic E-state index is 0.315. The molecule has 1 rings (SSSR count). The molecule has 1 atom stereocenters. The molecule has 0 bridgehead atoms. The van der Waals surface area contributed by atoms with E-state index >= 15 is 0 Å². The summed E-state index contributed by atoms with van der Waals surface area (Å²) >= 11 is 0. The lowest BCUT2D eigenvalue weighted by atomic mass is 10.0. The van der Waals surface area contributed by atoms with Crippen LogP contribution in [-0.4, -0.2) is 16.5 Å². The van der Waals surface area contributed by atoms with E-state index in [1.54, 1.807) is 0 Å². The minimum atomic E-state index is 0.315. The second-order valence-electron chi connectivity index (χ2n) is 4.94. The van der Waals surface area contributed by atoms with Crippen molar-refractivity contribution in [2.24, 2.45) is 5.92 Å². The zero-order valence-electron chi connectivity index (χ0n) is 11.3. The lowest BCUT2D eigenvalue weighted by Crippen LogP contribution is -2.24. The van der Waals surface area contributed by atoms with Gasteiger partial charge in [-0.15, -0.1) is 0 Å². The van der Waals surface area contributed by atoms with Crippen molar-refractivity contribution in [3.05, 3.63) is 24.3 Å². The van der Waals surface area contributed by atoms with Crippen LogP contribution in [0.4, 0.5) is 0 Å². The van der Waals surface area contributed by atoms with Crippen LogP contribution in [0.3, 0.4) is 0 Å². The van der Waals surface area contributed by atoms with Gasteiger partial charge in [-0.25, -0.2) is 9.97 Å². The van der Waals surface area contributed by atoms with Gasteiger partial charge in [-0.05, 0) is 31.4 Å². The monoisotopic (exact) mass is 235 g/mol. The third-order valence-electron chi connectivity index (χ3n) is 2.81. The van der Waals surface area contributed by atoms with E-state index in [9.17, 15) is 0 Å². The van der Waals surface area contributed by atoms with Gasteiger partial charge in [-0.2, -0.15) is 0 Å². The maximum Gasteiger partial charge on any atom is 0.145 e. The fourth-order valence-corrected chi connectivity index (χ4v) is 1.86. The molecule has 0 fully saturated rings. The van der Waals surface area contributed by atoms with Crippen molar-refractivity contribution in [1.29, 1.82) is 0 Å². The Kier molecular flexibility index (Phi) is 6.78. The molecule has 0 aliphatic heterocycles. The Bertz CT molecular complexity index is 285. The van der Waals surface area contributed by atoms with Crippen LogP contribution in [0.1, 0.15) is 58.3 Å². The number of aromatic nitrogens is 2. The molecule has 17 heavy (non-hydrogen) atoms. The zero-order chi connectivity index (χ0) is 12.5. The van der Waals surface area contributed by atoms with Gasteiger partial charge in [0, 0.05) is 12.4 Å². The second-order valence-corrected chi connectivity index (χ2v) is 4.94.